The molecule has 116 valence electrons. The Morgan fingerprint density at radius 1 is 1.52 bits per heavy atom. The van der Waals surface area contributed by atoms with Crippen LogP contribution >= 0.6 is 11.6 Å². The van der Waals surface area contributed by atoms with Crippen molar-refractivity contribution in [2.75, 3.05) is 18.9 Å². The van der Waals surface area contributed by atoms with Crippen molar-refractivity contribution in [1.82, 2.24) is 4.90 Å². The number of nitrogens with two attached hydrogens (primary N) is 1. The highest BCUT2D eigenvalue weighted by molar-refractivity contribution is 6.34. The maximum Gasteiger partial charge on any atom is 0.294 e. The van der Waals surface area contributed by atoms with Crippen molar-refractivity contribution in [3.63, 3.8) is 0 Å². The SMILES string of the molecule is CC(C)N(CCCO)C(=O)c1cc(Cl)c(N)c([N+](=O)[O-])c1. The van der Waals surface area contributed by atoms with Gasteiger partial charge in [-0.25, -0.2) is 0 Å². The minimum Gasteiger partial charge on any atom is -0.396 e. The summed E-state index contributed by atoms with van der Waals surface area (Å²) in [6, 6.07) is 2.33. The van der Waals surface area contributed by atoms with Gasteiger partial charge >= 0.3 is 0 Å². The molecule has 0 bridgehead atoms. The molecule has 21 heavy (non-hydrogen) atoms. The highest BCUT2D eigenvalue weighted by Crippen LogP contribution is 2.31. The third kappa shape index (κ3) is 4.05. The summed E-state index contributed by atoms with van der Waals surface area (Å²) >= 11 is 5.86. The number of benzene rings is 1. The lowest BCUT2D eigenvalue weighted by atomic mass is 10.1. The van der Waals surface area contributed by atoms with Gasteiger partial charge in [0.05, 0.1) is 9.95 Å². The molecule has 0 aliphatic rings. The van der Waals surface area contributed by atoms with Crippen LogP contribution in [0.3, 0.4) is 0 Å². The zero-order valence-electron chi connectivity index (χ0n) is 11.9. The summed E-state index contributed by atoms with van der Waals surface area (Å²) in [5.41, 5.74) is 5.09. The smallest absolute Gasteiger partial charge is 0.294 e. The van der Waals surface area contributed by atoms with Crippen LogP contribution in [0.15, 0.2) is 12.1 Å². The summed E-state index contributed by atoms with van der Waals surface area (Å²) in [7, 11) is 0. The monoisotopic (exact) mass is 315 g/mol. The predicted molar refractivity (Wildman–Crippen MR) is 80.4 cm³/mol. The number of hydrogen-bond donors (Lipinski definition) is 2. The van der Waals surface area contributed by atoms with Crippen molar-refractivity contribution in [1.29, 1.82) is 0 Å². The lowest BCUT2D eigenvalue weighted by molar-refractivity contribution is -0.383. The number of amides is 1. The lowest BCUT2D eigenvalue weighted by Crippen LogP contribution is -2.38. The predicted octanol–water partition coefficient (Wildman–Crippen LogP) is 2.06. The van der Waals surface area contributed by atoms with E-state index in [4.69, 9.17) is 22.4 Å². The van der Waals surface area contributed by atoms with Crippen LogP contribution in [0, 0.1) is 10.1 Å². The Kier molecular flexibility index (Phi) is 5.92. The number of aliphatic hydroxyl groups is 1. The molecule has 0 aliphatic carbocycles. The second kappa shape index (κ2) is 7.24. The van der Waals surface area contributed by atoms with E-state index in [1.54, 1.807) is 0 Å². The van der Waals surface area contributed by atoms with Gasteiger partial charge in [0.2, 0.25) is 0 Å². The average molecular weight is 316 g/mol. The molecule has 3 N–H and O–H groups in total. The molecule has 7 nitrogen and oxygen atoms in total. The van der Waals surface area contributed by atoms with Gasteiger partial charge in [-0.15, -0.1) is 0 Å². The van der Waals surface area contributed by atoms with Crippen molar-refractivity contribution in [3.8, 4) is 0 Å². The van der Waals surface area contributed by atoms with Gasteiger partial charge in [0, 0.05) is 30.8 Å². The molecule has 1 rings (SSSR count). The van der Waals surface area contributed by atoms with E-state index in [0.717, 1.165) is 6.07 Å². The standard InChI is InChI=1S/C13H18ClN3O4/c1-8(2)16(4-3-5-18)13(19)9-6-10(14)12(15)11(7-9)17(20)21/h6-8,18H,3-5,15H2,1-2H3. The summed E-state index contributed by atoms with van der Waals surface area (Å²) in [5.74, 6) is -0.386. The Bertz CT molecular complexity index is 548. The van der Waals surface area contributed by atoms with Crippen molar-refractivity contribution in [3.05, 3.63) is 32.8 Å². The molecule has 1 aromatic carbocycles. The molecule has 0 aromatic heterocycles. The van der Waals surface area contributed by atoms with Crippen LogP contribution in [-0.2, 0) is 0 Å². The molecule has 1 aromatic rings. The quantitative estimate of drug-likeness (QED) is 0.474. The first-order valence-electron chi connectivity index (χ1n) is 6.44. The third-order valence-corrected chi connectivity index (χ3v) is 3.31. The van der Waals surface area contributed by atoms with Crippen LogP contribution in [-0.4, -0.2) is 40.0 Å². The number of hydrogen-bond acceptors (Lipinski definition) is 5. The fraction of sp³-hybridized carbons (Fsp3) is 0.462. The molecule has 1 amide bonds. The van der Waals surface area contributed by atoms with Gasteiger partial charge in [-0.3, -0.25) is 14.9 Å². The van der Waals surface area contributed by atoms with Crippen LogP contribution in [0.2, 0.25) is 5.02 Å². The van der Waals surface area contributed by atoms with Crippen molar-refractivity contribution in [2.24, 2.45) is 0 Å². The molecule has 0 saturated heterocycles. The molecule has 8 heteroatoms. The van der Waals surface area contributed by atoms with Crippen molar-refractivity contribution >= 4 is 28.9 Å². The number of nitro benzene ring substituents is 1. The van der Waals surface area contributed by atoms with Gasteiger partial charge < -0.3 is 15.7 Å². The Labute approximate surface area is 127 Å². The van der Waals surface area contributed by atoms with E-state index < -0.39 is 10.6 Å². The molecule has 0 unspecified atom stereocenters. The Hall–Kier alpha value is -1.86. The highest BCUT2D eigenvalue weighted by Gasteiger charge is 2.23. The zero-order valence-corrected chi connectivity index (χ0v) is 12.6. The van der Waals surface area contributed by atoms with Gasteiger partial charge in [-0.1, -0.05) is 11.6 Å². The van der Waals surface area contributed by atoms with Crippen LogP contribution in [0.4, 0.5) is 11.4 Å². The Morgan fingerprint density at radius 3 is 2.62 bits per heavy atom. The van der Waals surface area contributed by atoms with E-state index in [-0.39, 0.29) is 34.8 Å². The number of nitrogen functional groups attached to an aromatic ring is 1. The summed E-state index contributed by atoms with van der Waals surface area (Å²) in [4.78, 5) is 24.2. The molecule has 0 radical (unpaired) electrons. The molecule has 0 heterocycles. The molecule has 0 saturated carbocycles. The van der Waals surface area contributed by atoms with Crippen molar-refractivity contribution in [2.45, 2.75) is 26.3 Å². The molecule has 0 fully saturated rings. The number of carbonyl (C=O) groups is 1. The lowest BCUT2D eigenvalue weighted by Gasteiger charge is -2.26. The maximum absolute atomic E-state index is 12.5. The van der Waals surface area contributed by atoms with E-state index in [1.165, 1.54) is 11.0 Å². The largest absolute Gasteiger partial charge is 0.396 e. The number of anilines is 1. The van der Waals surface area contributed by atoms with E-state index >= 15 is 0 Å². The van der Waals surface area contributed by atoms with E-state index in [0.29, 0.717) is 13.0 Å². The number of halogens is 1. The Morgan fingerprint density at radius 2 is 2.14 bits per heavy atom. The number of aliphatic hydroxyl groups excluding tert-OH is 1. The summed E-state index contributed by atoms with van der Waals surface area (Å²) < 4.78 is 0. The molecular weight excluding hydrogens is 298 g/mol. The first-order valence-corrected chi connectivity index (χ1v) is 6.82. The van der Waals surface area contributed by atoms with Gasteiger partial charge in [0.1, 0.15) is 5.69 Å². The second-order valence-corrected chi connectivity index (χ2v) is 5.22. The average Bonchev–Trinajstić information content (AvgIpc) is 2.41. The van der Waals surface area contributed by atoms with Crippen LogP contribution in [0.25, 0.3) is 0 Å². The van der Waals surface area contributed by atoms with Gasteiger partial charge in [0.15, 0.2) is 0 Å². The van der Waals surface area contributed by atoms with E-state index in [2.05, 4.69) is 0 Å². The molecule has 0 spiro atoms. The van der Waals surface area contributed by atoms with Gasteiger partial charge in [0.25, 0.3) is 11.6 Å². The minimum atomic E-state index is -0.675. The van der Waals surface area contributed by atoms with E-state index in [1.807, 2.05) is 13.8 Å². The summed E-state index contributed by atoms with van der Waals surface area (Å²) in [6.45, 7) is 3.95. The molecular formula is C13H18ClN3O4. The highest BCUT2D eigenvalue weighted by atomic mass is 35.5. The van der Waals surface area contributed by atoms with Crippen LogP contribution in [0.1, 0.15) is 30.6 Å². The van der Waals surface area contributed by atoms with Crippen LogP contribution < -0.4 is 5.73 Å². The van der Waals surface area contributed by atoms with Gasteiger partial charge in [-0.05, 0) is 26.3 Å². The number of rotatable bonds is 6. The second-order valence-electron chi connectivity index (χ2n) is 4.82. The number of carbonyl (C=O) groups excluding carboxylic acids is 1. The fourth-order valence-corrected chi connectivity index (χ4v) is 2.09. The normalized spacial score (nSPS) is 10.7. The van der Waals surface area contributed by atoms with Crippen molar-refractivity contribution < 1.29 is 14.8 Å². The van der Waals surface area contributed by atoms with Gasteiger partial charge in [-0.2, -0.15) is 0 Å². The van der Waals surface area contributed by atoms with E-state index in [9.17, 15) is 14.9 Å². The third-order valence-electron chi connectivity index (χ3n) is 2.99. The summed E-state index contributed by atoms with van der Waals surface area (Å²) in [6.07, 6.45) is 0.425. The maximum atomic E-state index is 12.5. The number of nitro groups is 1. The molecule has 0 atom stereocenters. The molecule has 0 aliphatic heterocycles. The zero-order chi connectivity index (χ0) is 16.2. The summed E-state index contributed by atoms with van der Waals surface area (Å²) in [5, 5.41) is 19.8. The first-order chi connectivity index (χ1) is 9.79. The first kappa shape index (κ1) is 17.2. The fourth-order valence-electron chi connectivity index (χ4n) is 1.88. The minimum absolute atomic E-state index is 0.0292. The topological polar surface area (TPSA) is 110 Å². The van der Waals surface area contributed by atoms with Crippen LogP contribution in [0.5, 0.6) is 0 Å². The number of nitrogens with zero attached hydrogens (tertiary/aromatic N) is 2. The Balaban J connectivity index is 3.19.